The molecule has 0 saturated heterocycles. The lowest BCUT2D eigenvalue weighted by Gasteiger charge is -2.23. The van der Waals surface area contributed by atoms with E-state index in [1.54, 1.807) is 24.3 Å². The molecule has 2 atom stereocenters. The maximum atomic E-state index is 13.9. The highest BCUT2D eigenvalue weighted by Gasteiger charge is 2.44. The van der Waals surface area contributed by atoms with E-state index in [0.717, 1.165) is 18.2 Å². The summed E-state index contributed by atoms with van der Waals surface area (Å²) in [6.45, 7) is -0.400. The molecule has 3 aromatic rings. The zero-order valence-electron chi connectivity index (χ0n) is 18.7. The van der Waals surface area contributed by atoms with Crippen molar-refractivity contribution in [3.63, 3.8) is 0 Å². The summed E-state index contributed by atoms with van der Waals surface area (Å²) in [7, 11) is -3.14. The number of hydrogen-bond acceptors (Lipinski definition) is 9. The van der Waals surface area contributed by atoms with Gasteiger partial charge in [0.25, 0.3) is 11.0 Å². The van der Waals surface area contributed by atoms with E-state index < -0.39 is 53.3 Å². The van der Waals surface area contributed by atoms with Crippen LogP contribution in [0.15, 0.2) is 48.5 Å². The predicted octanol–water partition coefficient (Wildman–Crippen LogP) is 3.06. The van der Waals surface area contributed by atoms with Gasteiger partial charge in [-0.2, -0.15) is 18.2 Å². The Kier molecular flexibility index (Phi) is 8.91. The number of halogens is 4. The van der Waals surface area contributed by atoms with Crippen molar-refractivity contribution in [2.75, 3.05) is 5.73 Å². The molecule has 37 heavy (non-hydrogen) atoms. The third-order valence-corrected chi connectivity index (χ3v) is 5.63. The van der Waals surface area contributed by atoms with Gasteiger partial charge in [-0.3, -0.25) is 8.98 Å². The molecule has 0 spiro atoms. The number of aromatic nitrogens is 2. The maximum Gasteiger partial charge on any atom is 0.429 e. The summed E-state index contributed by atoms with van der Waals surface area (Å²) in [5.74, 6) is -1.99. The van der Waals surface area contributed by atoms with Gasteiger partial charge in [0.2, 0.25) is 17.9 Å². The third-order valence-electron chi connectivity index (χ3n) is 4.96. The molecule has 15 heteroatoms. The van der Waals surface area contributed by atoms with E-state index in [4.69, 9.17) is 32.9 Å². The lowest BCUT2D eigenvalue weighted by molar-refractivity contribution is -0.198. The van der Waals surface area contributed by atoms with Gasteiger partial charge in [0, 0.05) is 22.2 Å². The highest BCUT2D eigenvalue weighted by Crippen LogP contribution is 2.40. The molecule has 0 bridgehead atoms. The summed E-state index contributed by atoms with van der Waals surface area (Å²) >= 11 is 6.05. The molecule has 0 aliphatic heterocycles. The highest BCUT2D eigenvalue weighted by atomic mass is 35.5. The molecule has 1 heterocycles. The van der Waals surface area contributed by atoms with E-state index in [-0.39, 0.29) is 28.6 Å². The van der Waals surface area contributed by atoms with Crippen molar-refractivity contribution in [1.29, 1.82) is 0 Å². The van der Waals surface area contributed by atoms with Crippen molar-refractivity contribution >= 4 is 34.5 Å². The van der Waals surface area contributed by atoms with E-state index in [1.807, 2.05) is 0 Å². The number of rotatable bonds is 10. The van der Waals surface area contributed by atoms with Gasteiger partial charge in [-0.15, -0.1) is 0 Å². The van der Waals surface area contributed by atoms with Crippen molar-refractivity contribution in [3.8, 4) is 17.1 Å². The predicted molar refractivity (Wildman–Crippen MR) is 127 cm³/mol. The molecule has 5 N–H and O–H groups in total. The largest absolute Gasteiger partial charge is 0.480 e. The SMILES string of the molecule is Nc1nc(OC(c2ccc(CO[SH](=O)=O)cc2Cl)C(F)(F)F)cc(-c2ccc(C[C@H](N)C(=O)O)cc2)n1. The fraction of sp³-hybridized carbons (Fsp3) is 0.227. The number of benzene rings is 2. The summed E-state index contributed by atoms with van der Waals surface area (Å²) in [4.78, 5) is 18.7. The second-order valence-electron chi connectivity index (χ2n) is 7.69. The monoisotopic (exact) mass is 560 g/mol. The van der Waals surface area contributed by atoms with Crippen LogP contribution in [0, 0.1) is 0 Å². The number of anilines is 1. The van der Waals surface area contributed by atoms with Gasteiger partial charge in [-0.25, -0.2) is 13.4 Å². The smallest absolute Gasteiger partial charge is 0.429 e. The Labute approximate surface area is 215 Å². The topological polar surface area (TPSA) is 168 Å². The molecule has 0 amide bonds. The molecule has 0 aliphatic carbocycles. The van der Waals surface area contributed by atoms with Gasteiger partial charge in [-0.1, -0.05) is 48.0 Å². The Bertz CT molecular complexity index is 1350. The van der Waals surface area contributed by atoms with E-state index in [2.05, 4.69) is 14.2 Å². The standard InChI is InChI=1S/C22H20ClF3N4O6S/c23-15-7-12(10-35-37(33)34)3-6-14(15)19(22(24,25)26)36-18-9-17(29-21(28)30-18)13-4-1-11(2-5-13)8-16(27)20(31)32/h1-7,9,16,19,37H,8,10,27H2,(H,31,32)(H2,28,29,30)/t16-,19?/m0/s1. The first-order valence-corrected chi connectivity index (χ1v) is 11.8. The fourth-order valence-corrected chi connectivity index (χ4v) is 3.79. The van der Waals surface area contributed by atoms with Crippen molar-refractivity contribution in [2.24, 2.45) is 5.73 Å². The van der Waals surface area contributed by atoms with Gasteiger partial charge < -0.3 is 21.3 Å². The van der Waals surface area contributed by atoms with E-state index in [0.29, 0.717) is 11.1 Å². The summed E-state index contributed by atoms with van der Waals surface area (Å²) in [6, 6.07) is 9.82. The molecule has 0 radical (unpaired) electrons. The number of hydrogen-bond donors (Lipinski definition) is 4. The minimum absolute atomic E-state index is 0.0735. The number of nitrogen functional groups attached to an aromatic ring is 1. The number of carboxylic acid groups (broad SMARTS) is 1. The quantitative estimate of drug-likeness (QED) is 0.270. The van der Waals surface area contributed by atoms with Crippen LogP contribution in [0.2, 0.25) is 5.02 Å². The molecular formula is C22H20ClF3N4O6S. The Morgan fingerprint density at radius 1 is 1.08 bits per heavy atom. The van der Waals surface area contributed by atoms with Crippen LogP contribution in [0.5, 0.6) is 5.88 Å². The molecule has 3 rings (SSSR count). The van der Waals surface area contributed by atoms with E-state index in [1.165, 1.54) is 6.07 Å². The average molecular weight is 561 g/mol. The van der Waals surface area contributed by atoms with Gasteiger partial charge in [-0.05, 0) is 23.6 Å². The highest BCUT2D eigenvalue weighted by molar-refractivity contribution is 7.67. The zero-order chi connectivity index (χ0) is 27.3. The Hall–Kier alpha value is -3.46. The van der Waals surface area contributed by atoms with Gasteiger partial charge >= 0.3 is 12.1 Å². The fourth-order valence-electron chi connectivity index (χ4n) is 3.23. The first-order chi connectivity index (χ1) is 17.3. The van der Waals surface area contributed by atoms with E-state index >= 15 is 0 Å². The van der Waals surface area contributed by atoms with E-state index in [9.17, 15) is 26.4 Å². The number of thiol groups is 1. The van der Waals surface area contributed by atoms with Crippen LogP contribution in [-0.4, -0.2) is 41.7 Å². The van der Waals surface area contributed by atoms with Crippen LogP contribution in [0.25, 0.3) is 11.3 Å². The first-order valence-electron chi connectivity index (χ1n) is 10.3. The van der Waals surface area contributed by atoms with Crippen LogP contribution in [-0.2, 0) is 33.0 Å². The summed E-state index contributed by atoms with van der Waals surface area (Å²) in [5.41, 5.74) is 12.3. The second kappa shape index (κ2) is 11.7. The number of nitrogens with two attached hydrogens (primary N) is 2. The molecule has 0 fully saturated rings. The van der Waals surface area contributed by atoms with Crippen LogP contribution < -0.4 is 16.2 Å². The van der Waals surface area contributed by atoms with Crippen LogP contribution in [0.4, 0.5) is 19.1 Å². The van der Waals surface area contributed by atoms with Gasteiger partial charge in [0.15, 0.2) is 0 Å². The molecule has 0 aliphatic rings. The minimum Gasteiger partial charge on any atom is -0.480 e. The van der Waals surface area contributed by atoms with Crippen molar-refractivity contribution < 1.29 is 40.4 Å². The summed E-state index contributed by atoms with van der Waals surface area (Å²) in [6.07, 6.45) is -7.37. The number of nitrogens with zero attached hydrogens (tertiary/aromatic N) is 2. The Morgan fingerprint density at radius 2 is 1.73 bits per heavy atom. The van der Waals surface area contributed by atoms with Crippen molar-refractivity contribution in [1.82, 2.24) is 9.97 Å². The number of aliphatic carboxylic acids is 1. The van der Waals surface area contributed by atoms with Gasteiger partial charge in [0.05, 0.1) is 12.3 Å². The molecule has 2 aromatic carbocycles. The normalized spacial score (nSPS) is 13.4. The number of alkyl halides is 3. The molecule has 0 saturated carbocycles. The van der Waals surface area contributed by atoms with Gasteiger partial charge in [0.1, 0.15) is 6.04 Å². The lowest BCUT2D eigenvalue weighted by atomic mass is 10.0. The first kappa shape index (κ1) is 28.1. The summed E-state index contributed by atoms with van der Waals surface area (Å²) in [5, 5.41) is 8.61. The zero-order valence-corrected chi connectivity index (χ0v) is 20.3. The lowest BCUT2D eigenvalue weighted by Crippen LogP contribution is -2.32. The molecule has 198 valence electrons. The number of carboxylic acids is 1. The Morgan fingerprint density at radius 3 is 2.30 bits per heavy atom. The van der Waals surface area contributed by atoms with Crippen LogP contribution in [0.1, 0.15) is 22.8 Å². The summed E-state index contributed by atoms with van der Waals surface area (Å²) < 4.78 is 72.6. The van der Waals surface area contributed by atoms with Crippen molar-refractivity contribution in [3.05, 3.63) is 70.2 Å². The Balaban J connectivity index is 1.88. The van der Waals surface area contributed by atoms with Crippen molar-refractivity contribution in [2.45, 2.75) is 31.3 Å². The molecule has 1 aromatic heterocycles. The third kappa shape index (κ3) is 7.76. The second-order valence-corrected chi connectivity index (χ2v) is 8.80. The molecule has 1 unspecified atom stereocenters. The number of ether oxygens (including phenoxy) is 1. The average Bonchev–Trinajstić information content (AvgIpc) is 2.81. The molecule has 10 nitrogen and oxygen atoms in total. The van der Waals surface area contributed by atoms with Crippen LogP contribution in [0.3, 0.4) is 0 Å². The number of carbonyl (C=O) groups is 1. The molecular weight excluding hydrogens is 541 g/mol. The minimum atomic E-state index is -4.91. The van der Waals surface area contributed by atoms with Crippen LogP contribution >= 0.6 is 11.6 Å². The maximum absolute atomic E-state index is 13.9.